The van der Waals surface area contributed by atoms with Gasteiger partial charge in [-0.3, -0.25) is 18.1 Å². The van der Waals surface area contributed by atoms with Crippen molar-refractivity contribution in [3.05, 3.63) is 0 Å². The normalized spacial score (nSPS) is 14.5. The lowest BCUT2D eigenvalue weighted by Crippen LogP contribution is -2.35. The van der Waals surface area contributed by atoms with Crippen LogP contribution in [0.5, 0.6) is 0 Å². The van der Waals surface area contributed by atoms with Crippen LogP contribution in [0.15, 0.2) is 0 Å². The minimum absolute atomic E-state index is 0.0213. The molecule has 216 valence electrons. The summed E-state index contributed by atoms with van der Waals surface area (Å²) >= 11 is 39.8. The molecule has 0 fully saturated rings. The summed E-state index contributed by atoms with van der Waals surface area (Å²) in [4.78, 5) is -0.727. The van der Waals surface area contributed by atoms with Gasteiger partial charge >= 0.3 is 15.6 Å². The molecule has 0 aliphatic heterocycles. The van der Waals surface area contributed by atoms with Crippen molar-refractivity contribution >= 4 is 162 Å². The Morgan fingerprint density at radius 1 is 0.703 bits per heavy atom. The van der Waals surface area contributed by atoms with Gasteiger partial charge in [-0.2, -0.15) is 0 Å². The van der Waals surface area contributed by atoms with Gasteiger partial charge in [0.15, 0.2) is 0 Å². The van der Waals surface area contributed by atoms with Crippen LogP contribution in [-0.2, 0) is 36.3 Å². The van der Waals surface area contributed by atoms with Gasteiger partial charge in [-0.15, -0.1) is 34.8 Å². The van der Waals surface area contributed by atoms with E-state index in [9.17, 15) is 9.13 Å². The Bertz CT molecular complexity index is 826. The Morgan fingerprint density at radius 3 is 1.51 bits per heavy atom. The van der Waals surface area contributed by atoms with Gasteiger partial charge in [-0.25, -0.2) is 9.13 Å². The van der Waals surface area contributed by atoms with Crippen LogP contribution in [0.1, 0.15) is 12.8 Å². The molecule has 37 heavy (non-hydrogen) atoms. The minimum atomic E-state index is -4.28. The molecular weight excluding hydrogens is 1060 g/mol. The first-order valence-electron chi connectivity index (χ1n) is 9.61. The highest BCUT2D eigenvalue weighted by atomic mass is 79.9. The van der Waals surface area contributed by atoms with Gasteiger partial charge in [0.2, 0.25) is 0 Å². The smallest absolute Gasteiger partial charge is 0.341 e. The van der Waals surface area contributed by atoms with Crippen molar-refractivity contribution in [2.45, 2.75) is 29.4 Å². The highest BCUT2D eigenvalue weighted by molar-refractivity contribution is 9.25. The van der Waals surface area contributed by atoms with E-state index in [-0.39, 0.29) is 43.5 Å². The van der Waals surface area contributed by atoms with E-state index in [1.165, 1.54) is 0 Å². The number of alkyl halides is 10. The van der Waals surface area contributed by atoms with Crippen LogP contribution >= 0.6 is 162 Å². The first-order valence-corrected chi connectivity index (χ1v) is 20.7. The monoisotopic (exact) mass is 1070 g/mol. The van der Waals surface area contributed by atoms with Crippen LogP contribution in [0, 0.1) is 29.5 Å². The van der Waals surface area contributed by atoms with Crippen LogP contribution in [0.4, 0.5) is 0 Å². The lowest BCUT2D eigenvalue weighted by Gasteiger charge is -2.31. The third-order valence-corrected chi connectivity index (χ3v) is 10.4. The lowest BCUT2D eigenvalue weighted by molar-refractivity contribution is 0.0559. The zero-order valence-electron chi connectivity index (χ0n) is 18.4. The number of phosphoric acid groups is 2. The Kier molecular flexibility index (Phi) is 23.8. The van der Waals surface area contributed by atoms with Crippen LogP contribution in [0.2, 0.25) is 0 Å². The molecule has 0 rings (SSSR count). The van der Waals surface area contributed by atoms with Crippen molar-refractivity contribution < 1.29 is 36.3 Å². The fraction of sp³-hybridized carbons (Fsp3) is 0.765. The summed E-state index contributed by atoms with van der Waals surface area (Å²) in [5.74, 6) is 5.09. The Labute approximate surface area is 290 Å². The summed E-state index contributed by atoms with van der Waals surface area (Å²) in [6, 6.07) is 0. The van der Waals surface area contributed by atoms with Crippen molar-refractivity contribution in [2.24, 2.45) is 5.41 Å². The second-order valence-corrected chi connectivity index (χ2v) is 20.4. The summed E-state index contributed by atoms with van der Waals surface area (Å²) in [7, 11) is -8.35. The molecule has 2 atom stereocenters. The topological polar surface area (TPSA) is 89.5 Å². The summed E-state index contributed by atoms with van der Waals surface area (Å²) < 4.78 is 57.0. The van der Waals surface area contributed by atoms with Crippen LogP contribution in [-0.4, -0.2) is 53.7 Å². The maximum absolute atomic E-state index is 13.2. The molecule has 0 spiro atoms. The minimum Gasteiger partial charge on any atom is -0.341 e. The SMILES string of the molecule is O=P(OC#CC(Br)Br)(OC#CC(Br)Br)OCC(CBr)(CBr)COP(=O)(OCCC(Cl)Cl)OCCC(Cl)Br. The quantitative estimate of drug-likeness (QED) is 0.0763. The van der Waals surface area contributed by atoms with Crippen LogP contribution in [0.3, 0.4) is 0 Å². The average Bonchev–Trinajstić information content (AvgIpc) is 2.79. The van der Waals surface area contributed by atoms with Crippen molar-refractivity contribution in [3.8, 4) is 24.1 Å². The van der Waals surface area contributed by atoms with E-state index in [4.69, 9.17) is 61.9 Å². The Balaban J connectivity index is 5.60. The summed E-state index contributed by atoms with van der Waals surface area (Å²) in [6.07, 6.45) is 4.98. The van der Waals surface area contributed by atoms with E-state index in [2.05, 4.69) is 136 Å². The standard InChI is InChI=1S/C17H20Br7Cl3O8P2/c18-9-17(10-19,11-34-36(28,30-5-1-13(20)21)31-6-2-14(22)23)12-35-37(29,32-7-3-15(24)25)33-8-4-16(26)27/h13-16H,3-4,7-12H2. The van der Waals surface area contributed by atoms with E-state index in [1.54, 1.807) is 0 Å². The van der Waals surface area contributed by atoms with Crippen molar-refractivity contribution in [1.82, 2.24) is 0 Å². The molecule has 0 aromatic carbocycles. The zero-order valence-corrected chi connectivity index (χ0v) is 33.6. The molecule has 0 heterocycles. The molecule has 0 aromatic rings. The molecule has 0 radical (unpaired) electrons. The second-order valence-electron chi connectivity index (χ2n) is 6.51. The summed E-state index contributed by atoms with van der Waals surface area (Å²) in [6.45, 7) is -0.596. The van der Waals surface area contributed by atoms with E-state index in [1.807, 2.05) is 0 Å². The molecule has 0 N–H and O–H groups in total. The molecule has 0 saturated heterocycles. The molecule has 0 amide bonds. The van der Waals surface area contributed by atoms with Crippen molar-refractivity contribution in [3.63, 3.8) is 0 Å². The molecule has 0 aromatic heterocycles. The molecule has 8 nitrogen and oxygen atoms in total. The van der Waals surface area contributed by atoms with Gasteiger partial charge in [-0.1, -0.05) is 112 Å². The number of phosphoric ester groups is 2. The van der Waals surface area contributed by atoms with E-state index < -0.39 is 37.7 Å². The fourth-order valence-electron chi connectivity index (χ4n) is 1.61. The zero-order chi connectivity index (χ0) is 28.5. The van der Waals surface area contributed by atoms with E-state index >= 15 is 0 Å². The molecule has 0 aliphatic rings. The van der Waals surface area contributed by atoms with Gasteiger partial charge < -0.3 is 9.05 Å². The largest absolute Gasteiger partial charge is 0.604 e. The maximum atomic E-state index is 13.2. The molecule has 0 saturated carbocycles. The number of rotatable bonds is 18. The maximum Gasteiger partial charge on any atom is 0.604 e. The van der Waals surface area contributed by atoms with Crippen molar-refractivity contribution in [1.29, 1.82) is 0 Å². The summed E-state index contributed by atoms with van der Waals surface area (Å²) in [5.41, 5.74) is -0.946. The number of hydrogen-bond donors (Lipinski definition) is 0. The average molecular weight is 1080 g/mol. The molecule has 2 unspecified atom stereocenters. The highest BCUT2D eigenvalue weighted by Crippen LogP contribution is 2.53. The van der Waals surface area contributed by atoms with Gasteiger partial charge in [0, 0.05) is 22.5 Å². The number of halogens is 10. The van der Waals surface area contributed by atoms with Gasteiger partial charge in [-0.05, 0) is 18.3 Å². The third-order valence-electron chi connectivity index (χ3n) is 3.45. The van der Waals surface area contributed by atoms with Crippen LogP contribution < -0.4 is 0 Å². The van der Waals surface area contributed by atoms with E-state index in [0.29, 0.717) is 6.42 Å². The Hall–Kier alpha value is 3.25. The van der Waals surface area contributed by atoms with Crippen LogP contribution in [0.25, 0.3) is 0 Å². The van der Waals surface area contributed by atoms with E-state index in [0.717, 1.165) is 0 Å². The third kappa shape index (κ3) is 20.7. The first-order chi connectivity index (χ1) is 17.2. The van der Waals surface area contributed by atoms with Gasteiger partial charge in [0.05, 0.1) is 30.7 Å². The predicted molar refractivity (Wildman–Crippen MR) is 173 cm³/mol. The summed E-state index contributed by atoms with van der Waals surface area (Å²) in [5, 5.41) is 0.490. The highest BCUT2D eigenvalue weighted by Gasteiger charge is 2.39. The molecule has 0 bridgehead atoms. The molecular formula is C17H20Br7Cl3O8P2. The second kappa shape index (κ2) is 21.9. The van der Waals surface area contributed by atoms with Gasteiger partial charge in [0.25, 0.3) is 0 Å². The predicted octanol–water partition coefficient (Wildman–Crippen LogP) is 9.78. The molecule has 0 aliphatic carbocycles. The van der Waals surface area contributed by atoms with Gasteiger partial charge in [0.1, 0.15) is 24.5 Å². The number of hydrogen-bond acceptors (Lipinski definition) is 8. The molecule has 20 heteroatoms. The Morgan fingerprint density at radius 2 is 1.14 bits per heavy atom. The lowest BCUT2D eigenvalue weighted by atomic mass is 9.97. The fourth-order valence-corrected chi connectivity index (χ4v) is 6.23. The van der Waals surface area contributed by atoms with Crippen molar-refractivity contribution in [2.75, 3.05) is 37.1 Å². The first kappa shape index (κ1) is 40.2.